The van der Waals surface area contributed by atoms with Crippen LogP contribution in [0.15, 0.2) is 35.3 Å². The predicted octanol–water partition coefficient (Wildman–Crippen LogP) is 1.30. The average molecular weight is 239 g/mol. The number of rotatable bonds is 1. The van der Waals surface area contributed by atoms with Gasteiger partial charge >= 0.3 is 5.56 Å². The third kappa shape index (κ3) is 1.72. The molecule has 2 N–H and O–H groups in total. The van der Waals surface area contributed by atoms with Crippen LogP contribution in [0.3, 0.4) is 0 Å². The Kier molecular flexibility index (Phi) is 2.54. The van der Waals surface area contributed by atoms with Crippen LogP contribution in [0.25, 0.3) is 5.69 Å². The number of benzene rings is 1. The number of aromatic nitrogens is 2. The minimum Gasteiger partial charge on any atom is -0.503 e. The number of nitrogens with zero attached hydrogens (tertiary/aromatic N) is 2. The SMILES string of the molecule is O=c1c(O)c(O)cnn1-c1ccc(Cl)cc1. The number of hydrogen-bond donors (Lipinski definition) is 2. The number of halogens is 1. The highest BCUT2D eigenvalue weighted by Crippen LogP contribution is 2.18. The van der Waals surface area contributed by atoms with Crippen molar-refractivity contribution in [2.24, 2.45) is 0 Å². The zero-order chi connectivity index (χ0) is 11.7. The Labute approximate surface area is 95.2 Å². The standard InChI is InChI=1S/C10H7ClN2O3/c11-6-1-3-7(4-2-6)13-10(16)9(15)8(14)5-12-13/h1-5,14-15H. The largest absolute Gasteiger partial charge is 0.503 e. The summed E-state index contributed by atoms with van der Waals surface area (Å²) in [5, 5.41) is 22.5. The molecule has 0 atom stereocenters. The Morgan fingerprint density at radius 2 is 1.81 bits per heavy atom. The Hall–Kier alpha value is -2.01. The molecule has 82 valence electrons. The van der Waals surface area contributed by atoms with Crippen molar-refractivity contribution in [1.82, 2.24) is 9.78 Å². The molecule has 0 aliphatic heterocycles. The van der Waals surface area contributed by atoms with Gasteiger partial charge in [0.2, 0.25) is 5.75 Å². The van der Waals surface area contributed by atoms with Crippen LogP contribution in [0.1, 0.15) is 0 Å². The van der Waals surface area contributed by atoms with Gasteiger partial charge in [-0.25, -0.2) is 0 Å². The van der Waals surface area contributed by atoms with Gasteiger partial charge in [-0.05, 0) is 24.3 Å². The summed E-state index contributed by atoms with van der Waals surface area (Å²) in [5.74, 6) is -1.28. The molecule has 2 aromatic rings. The lowest BCUT2D eigenvalue weighted by molar-refractivity contribution is 0.389. The van der Waals surface area contributed by atoms with Gasteiger partial charge in [-0.15, -0.1) is 0 Å². The fraction of sp³-hybridized carbons (Fsp3) is 0. The van der Waals surface area contributed by atoms with Crippen molar-refractivity contribution in [3.8, 4) is 17.2 Å². The topological polar surface area (TPSA) is 75.3 Å². The van der Waals surface area contributed by atoms with Gasteiger partial charge in [-0.1, -0.05) is 11.6 Å². The molecule has 5 nitrogen and oxygen atoms in total. The van der Waals surface area contributed by atoms with Gasteiger partial charge in [0.05, 0.1) is 11.9 Å². The molecule has 0 unspecified atom stereocenters. The first-order valence-corrected chi connectivity index (χ1v) is 4.73. The Morgan fingerprint density at radius 3 is 2.44 bits per heavy atom. The predicted molar refractivity (Wildman–Crippen MR) is 58.2 cm³/mol. The molecule has 1 aromatic heterocycles. The Balaban J connectivity index is 2.61. The van der Waals surface area contributed by atoms with Gasteiger partial charge in [-0.3, -0.25) is 4.79 Å². The van der Waals surface area contributed by atoms with E-state index in [1.54, 1.807) is 24.3 Å². The van der Waals surface area contributed by atoms with E-state index in [4.69, 9.17) is 16.7 Å². The molecule has 0 aliphatic carbocycles. The van der Waals surface area contributed by atoms with E-state index in [1.165, 1.54) is 0 Å². The zero-order valence-corrected chi connectivity index (χ0v) is 8.72. The van der Waals surface area contributed by atoms with Gasteiger partial charge in [-0.2, -0.15) is 9.78 Å². The van der Waals surface area contributed by atoms with Crippen molar-refractivity contribution in [3.05, 3.63) is 45.8 Å². The molecule has 2 rings (SSSR count). The highest BCUT2D eigenvalue weighted by Gasteiger charge is 2.09. The van der Waals surface area contributed by atoms with Crippen molar-refractivity contribution in [1.29, 1.82) is 0 Å². The van der Waals surface area contributed by atoms with Crippen LogP contribution in [0.4, 0.5) is 0 Å². The van der Waals surface area contributed by atoms with Crippen LogP contribution < -0.4 is 5.56 Å². The van der Waals surface area contributed by atoms with Crippen molar-refractivity contribution < 1.29 is 10.2 Å². The molecule has 0 radical (unpaired) electrons. The van der Waals surface area contributed by atoms with Crippen molar-refractivity contribution in [2.45, 2.75) is 0 Å². The molecule has 0 amide bonds. The van der Waals surface area contributed by atoms with E-state index >= 15 is 0 Å². The molecular formula is C10H7ClN2O3. The minimum absolute atomic E-state index is 0.449. The first-order valence-electron chi connectivity index (χ1n) is 4.36. The molecule has 0 saturated heterocycles. The van der Waals surface area contributed by atoms with E-state index in [-0.39, 0.29) is 0 Å². The lowest BCUT2D eigenvalue weighted by atomic mass is 10.3. The molecule has 6 heteroatoms. The zero-order valence-electron chi connectivity index (χ0n) is 7.96. The fourth-order valence-corrected chi connectivity index (χ4v) is 1.33. The molecule has 1 aromatic carbocycles. The summed E-state index contributed by atoms with van der Waals surface area (Å²) in [6.07, 6.45) is 0.991. The summed E-state index contributed by atoms with van der Waals surface area (Å²) in [4.78, 5) is 11.5. The smallest absolute Gasteiger partial charge is 0.317 e. The summed E-state index contributed by atoms with van der Waals surface area (Å²) in [5.41, 5.74) is -0.341. The second-order valence-corrected chi connectivity index (χ2v) is 3.51. The van der Waals surface area contributed by atoms with E-state index in [9.17, 15) is 9.90 Å². The first-order chi connectivity index (χ1) is 7.59. The molecule has 1 heterocycles. The van der Waals surface area contributed by atoms with Crippen molar-refractivity contribution in [3.63, 3.8) is 0 Å². The maximum atomic E-state index is 11.5. The van der Waals surface area contributed by atoms with Crippen LogP contribution in [-0.4, -0.2) is 20.0 Å². The molecule has 0 saturated carbocycles. The summed E-state index contributed by atoms with van der Waals surface area (Å²) >= 11 is 5.70. The van der Waals surface area contributed by atoms with Crippen LogP contribution >= 0.6 is 11.6 Å². The van der Waals surface area contributed by atoms with E-state index in [0.717, 1.165) is 10.9 Å². The third-order valence-corrected chi connectivity index (χ3v) is 2.26. The minimum atomic E-state index is -0.790. The van der Waals surface area contributed by atoms with E-state index < -0.39 is 17.1 Å². The molecule has 0 fully saturated rings. The number of hydrogen-bond acceptors (Lipinski definition) is 4. The van der Waals surface area contributed by atoms with Gasteiger partial charge in [0.15, 0.2) is 5.75 Å². The lowest BCUT2D eigenvalue weighted by Crippen LogP contribution is -2.20. The summed E-state index contributed by atoms with van der Waals surface area (Å²) in [7, 11) is 0. The average Bonchev–Trinajstić information content (AvgIpc) is 2.28. The first kappa shape index (κ1) is 10.5. The highest BCUT2D eigenvalue weighted by atomic mass is 35.5. The Bertz CT molecular complexity index is 578. The summed E-state index contributed by atoms with van der Waals surface area (Å²) in [6.45, 7) is 0. The normalized spacial score (nSPS) is 10.3. The number of aromatic hydroxyl groups is 2. The van der Waals surface area contributed by atoms with E-state index in [0.29, 0.717) is 10.7 Å². The van der Waals surface area contributed by atoms with E-state index in [1.807, 2.05) is 0 Å². The van der Waals surface area contributed by atoms with Crippen LogP contribution in [0.5, 0.6) is 11.5 Å². The highest BCUT2D eigenvalue weighted by molar-refractivity contribution is 6.30. The molecule has 16 heavy (non-hydrogen) atoms. The monoisotopic (exact) mass is 238 g/mol. The molecule has 0 spiro atoms. The quantitative estimate of drug-likeness (QED) is 0.785. The lowest BCUT2D eigenvalue weighted by Gasteiger charge is -2.05. The maximum absolute atomic E-state index is 11.5. The van der Waals surface area contributed by atoms with Crippen LogP contribution in [-0.2, 0) is 0 Å². The van der Waals surface area contributed by atoms with E-state index in [2.05, 4.69) is 5.10 Å². The van der Waals surface area contributed by atoms with Gasteiger partial charge in [0, 0.05) is 5.02 Å². The second-order valence-electron chi connectivity index (χ2n) is 3.07. The third-order valence-electron chi connectivity index (χ3n) is 2.00. The second kappa shape index (κ2) is 3.86. The molecular weight excluding hydrogens is 232 g/mol. The van der Waals surface area contributed by atoms with Crippen molar-refractivity contribution >= 4 is 11.6 Å². The van der Waals surface area contributed by atoms with Crippen molar-refractivity contribution in [2.75, 3.05) is 0 Å². The fourth-order valence-electron chi connectivity index (χ4n) is 1.20. The Morgan fingerprint density at radius 1 is 1.19 bits per heavy atom. The summed E-state index contributed by atoms with van der Waals surface area (Å²) < 4.78 is 0.964. The molecule has 0 aliphatic rings. The van der Waals surface area contributed by atoms with Gasteiger partial charge < -0.3 is 10.2 Å². The van der Waals surface area contributed by atoms with Crippen LogP contribution in [0, 0.1) is 0 Å². The maximum Gasteiger partial charge on any atom is 0.317 e. The van der Waals surface area contributed by atoms with Crippen LogP contribution in [0.2, 0.25) is 5.02 Å². The molecule has 0 bridgehead atoms. The summed E-state index contributed by atoms with van der Waals surface area (Å²) in [6, 6.07) is 6.34. The van der Waals surface area contributed by atoms with Gasteiger partial charge in [0.1, 0.15) is 0 Å². The van der Waals surface area contributed by atoms with Gasteiger partial charge in [0.25, 0.3) is 0 Å².